The smallest absolute Gasteiger partial charge is 0.0969 e. The number of thioether (sulfide) groups is 1. The Morgan fingerprint density at radius 1 is 1.28 bits per heavy atom. The van der Waals surface area contributed by atoms with Crippen LogP contribution in [0.15, 0.2) is 35.4 Å². The number of benzene rings is 1. The molecule has 0 saturated carbocycles. The maximum atomic E-state index is 4.15. The van der Waals surface area contributed by atoms with E-state index in [4.69, 9.17) is 0 Å². The first-order valence-electron chi connectivity index (χ1n) is 5.98. The molecule has 0 aliphatic rings. The van der Waals surface area contributed by atoms with Gasteiger partial charge in [-0.3, -0.25) is 0 Å². The molecule has 1 N–H and O–H groups in total. The summed E-state index contributed by atoms with van der Waals surface area (Å²) in [5.74, 6) is 0. The standard InChI is InChI=1S/C13H18N4S/c1-10(2)14-8-11-9-17(16-15-11)12-4-6-13(18-3)7-5-12/h4-7,9-10,14H,8H2,1-3H3. The molecule has 2 rings (SSSR count). The Bertz CT molecular complexity index is 490. The van der Waals surface area contributed by atoms with Crippen LogP contribution in [0.2, 0.25) is 0 Å². The van der Waals surface area contributed by atoms with E-state index < -0.39 is 0 Å². The highest BCUT2D eigenvalue weighted by Gasteiger charge is 2.03. The monoisotopic (exact) mass is 262 g/mol. The molecule has 0 atom stereocenters. The Morgan fingerprint density at radius 2 is 2.00 bits per heavy atom. The number of hydrogen-bond donors (Lipinski definition) is 1. The molecule has 1 aromatic heterocycles. The Kier molecular flexibility index (Phi) is 4.38. The molecule has 1 aromatic carbocycles. The largest absolute Gasteiger partial charge is 0.309 e. The van der Waals surface area contributed by atoms with Crippen LogP contribution in [0.4, 0.5) is 0 Å². The van der Waals surface area contributed by atoms with Crippen molar-refractivity contribution in [2.45, 2.75) is 31.3 Å². The quantitative estimate of drug-likeness (QED) is 0.841. The molecule has 5 heteroatoms. The molecule has 0 aliphatic heterocycles. The Morgan fingerprint density at radius 3 is 2.61 bits per heavy atom. The van der Waals surface area contributed by atoms with Crippen LogP contribution in [-0.4, -0.2) is 27.3 Å². The number of nitrogens with zero attached hydrogens (tertiary/aromatic N) is 3. The fraction of sp³-hybridized carbons (Fsp3) is 0.385. The molecule has 0 fully saturated rings. The van der Waals surface area contributed by atoms with Gasteiger partial charge in [0.25, 0.3) is 0 Å². The number of hydrogen-bond acceptors (Lipinski definition) is 4. The van der Waals surface area contributed by atoms with Gasteiger partial charge in [0.1, 0.15) is 0 Å². The van der Waals surface area contributed by atoms with Gasteiger partial charge in [0.2, 0.25) is 0 Å². The van der Waals surface area contributed by atoms with E-state index in [0.717, 1.165) is 17.9 Å². The summed E-state index contributed by atoms with van der Waals surface area (Å²) in [6, 6.07) is 8.75. The summed E-state index contributed by atoms with van der Waals surface area (Å²) in [6.45, 7) is 4.98. The highest BCUT2D eigenvalue weighted by molar-refractivity contribution is 7.98. The fourth-order valence-electron chi connectivity index (χ4n) is 1.55. The average Bonchev–Trinajstić information content (AvgIpc) is 2.85. The minimum Gasteiger partial charge on any atom is -0.309 e. The summed E-state index contributed by atoms with van der Waals surface area (Å²) in [7, 11) is 0. The summed E-state index contributed by atoms with van der Waals surface area (Å²) in [6.07, 6.45) is 4.03. The van der Waals surface area contributed by atoms with Crippen molar-refractivity contribution in [2.75, 3.05) is 6.26 Å². The topological polar surface area (TPSA) is 42.7 Å². The van der Waals surface area contributed by atoms with E-state index in [1.807, 2.05) is 6.20 Å². The number of nitrogens with one attached hydrogen (secondary N) is 1. The lowest BCUT2D eigenvalue weighted by Gasteiger charge is -2.04. The molecule has 0 radical (unpaired) electrons. The molecule has 0 spiro atoms. The third-order valence-electron chi connectivity index (χ3n) is 2.57. The average molecular weight is 262 g/mol. The van der Waals surface area contributed by atoms with Crippen LogP contribution < -0.4 is 5.32 Å². The predicted molar refractivity (Wildman–Crippen MR) is 75.1 cm³/mol. The first-order valence-corrected chi connectivity index (χ1v) is 7.20. The van der Waals surface area contributed by atoms with Gasteiger partial charge in [-0.1, -0.05) is 19.1 Å². The van der Waals surface area contributed by atoms with Crippen LogP contribution in [0.5, 0.6) is 0 Å². The van der Waals surface area contributed by atoms with Gasteiger partial charge in [0.05, 0.1) is 17.6 Å². The summed E-state index contributed by atoms with van der Waals surface area (Å²) in [4.78, 5) is 1.25. The second-order valence-electron chi connectivity index (χ2n) is 4.39. The van der Waals surface area contributed by atoms with Crippen molar-refractivity contribution >= 4 is 11.8 Å². The Hall–Kier alpha value is -1.33. The molecule has 96 valence electrons. The maximum absolute atomic E-state index is 4.15. The summed E-state index contributed by atoms with van der Waals surface area (Å²) < 4.78 is 1.81. The van der Waals surface area contributed by atoms with E-state index in [-0.39, 0.29) is 0 Å². The van der Waals surface area contributed by atoms with Gasteiger partial charge in [-0.05, 0) is 30.5 Å². The van der Waals surface area contributed by atoms with Crippen molar-refractivity contribution < 1.29 is 0 Å². The Labute approximate surface area is 112 Å². The van der Waals surface area contributed by atoms with Crippen molar-refractivity contribution in [3.05, 3.63) is 36.2 Å². The van der Waals surface area contributed by atoms with Crippen molar-refractivity contribution in [2.24, 2.45) is 0 Å². The van der Waals surface area contributed by atoms with E-state index in [2.05, 4.69) is 60.0 Å². The highest BCUT2D eigenvalue weighted by Crippen LogP contribution is 2.16. The zero-order valence-corrected chi connectivity index (χ0v) is 11.7. The fourth-order valence-corrected chi connectivity index (χ4v) is 1.96. The molecular formula is C13H18N4S. The normalized spacial score (nSPS) is 11.1. The first kappa shape index (κ1) is 13.1. The lowest BCUT2D eigenvalue weighted by Crippen LogP contribution is -2.21. The molecule has 0 bridgehead atoms. The van der Waals surface area contributed by atoms with Crippen LogP contribution in [0.3, 0.4) is 0 Å². The van der Waals surface area contributed by atoms with Crippen molar-refractivity contribution in [1.82, 2.24) is 20.3 Å². The van der Waals surface area contributed by atoms with Crippen molar-refractivity contribution in [1.29, 1.82) is 0 Å². The van der Waals surface area contributed by atoms with Crippen LogP contribution in [0, 0.1) is 0 Å². The van der Waals surface area contributed by atoms with Crippen LogP contribution >= 0.6 is 11.8 Å². The Balaban J connectivity index is 2.08. The molecule has 0 unspecified atom stereocenters. The first-order chi connectivity index (χ1) is 8.69. The molecule has 4 nitrogen and oxygen atoms in total. The predicted octanol–water partition coefficient (Wildman–Crippen LogP) is 2.49. The zero-order chi connectivity index (χ0) is 13.0. The molecule has 0 saturated heterocycles. The van der Waals surface area contributed by atoms with Gasteiger partial charge in [-0.15, -0.1) is 16.9 Å². The van der Waals surface area contributed by atoms with Crippen molar-refractivity contribution in [3.63, 3.8) is 0 Å². The van der Waals surface area contributed by atoms with Crippen LogP contribution in [-0.2, 0) is 6.54 Å². The van der Waals surface area contributed by atoms with Crippen LogP contribution in [0.1, 0.15) is 19.5 Å². The summed E-state index contributed by atoms with van der Waals surface area (Å²) in [5.41, 5.74) is 1.99. The molecule has 0 amide bonds. The third kappa shape index (κ3) is 3.34. The van der Waals surface area contributed by atoms with E-state index in [9.17, 15) is 0 Å². The summed E-state index contributed by atoms with van der Waals surface area (Å²) >= 11 is 1.73. The van der Waals surface area contributed by atoms with Gasteiger partial charge in [0.15, 0.2) is 0 Å². The zero-order valence-electron chi connectivity index (χ0n) is 10.9. The molecule has 2 aromatic rings. The van der Waals surface area contributed by atoms with Crippen LogP contribution in [0.25, 0.3) is 5.69 Å². The van der Waals surface area contributed by atoms with E-state index >= 15 is 0 Å². The van der Waals surface area contributed by atoms with Crippen molar-refractivity contribution in [3.8, 4) is 5.69 Å². The van der Waals surface area contributed by atoms with Gasteiger partial charge in [-0.2, -0.15) is 0 Å². The van der Waals surface area contributed by atoms with E-state index in [1.165, 1.54) is 4.90 Å². The second-order valence-corrected chi connectivity index (χ2v) is 5.27. The number of aromatic nitrogens is 3. The molecular weight excluding hydrogens is 244 g/mol. The minimum atomic E-state index is 0.455. The van der Waals surface area contributed by atoms with Gasteiger partial charge in [-0.25, -0.2) is 4.68 Å². The lowest BCUT2D eigenvalue weighted by atomic mass is 10.3. The highest BCUT2D eigenvalue weighted by atomic mass is 32.2. The molecule has 1 heterocycles. The lowest BCUT2D eigenvalue weighted by molar-refractivity contribution is 0.580. The summed E-state index contributed by atoms with van der Waals surface area (Å²) in [5, 5.41) is 11.6. The third-order valence-corrected chi connectivity index (χ3v) is 3.31. The molecule has 0 aliphatic carbocycles. The van der Waals surface area contributed by atoms with Gasteiger partial charge < -0.3 is 5.32 Å². The van der Waals surface area contributed by atoms with E-state index in [1.54, 1.807) is 16.4 Å². The minimum absolute atomic E-state index is 0.455. The second kappa shape index (κ2) is 6.02. The number of rotatable bonds is 5. The molecule has 18 heavy (non-hydrogen) atoms. The maximum Gasteiger partial charge on any atom is 0.0969 e. The SMILES string of the molecule is CSc1ccc(-n2cc(CNC(C)C)nn2)cc1. The van der Waals surface area contributed by atoms with E-state index in [0.29, 0.717) is 6.04 Å². The van der Waals surface area contributed by atoms with Gasteiger partial charge >= 0.3 is 0 Å². The van der Waals surface area contributed by atoms with Gasteiger partial charge in [0, 0.05) is 17.5 Å².